The van der Waals surface area contributed by atoms with Gasteiger partial charge in [0.1, 0.15) is 0 Å². The van der Waals surface area contributed by atoms with Gasteiger partial charge in [-0.05, 0) is 24.6 Å². The normalized spacial score (nSPS) is 20.3. The average Bonchev–Trinajstić information content (AvgIpc) is 2.88. The summed E-state index contributed by atoms with van der Waals surface area (Å²) in [5, 5.41) is 1.66. The second kappa shape index (κ2) is 6.98. The molecule has 0 bridgehead atoms. The zero-order valence-corrected chi connectivity index (χ0v) is 14.3. The van der Waals surface area contributed by atoms with Crippen molar-refractivity contribution in [2.75, 3.05) is 31.8 Å². The lowest BCUT2D eigenvalue weighted by molar-refractivity contribution is 0.0937. The smallest absolute Gasteiger partial charge is 0.251 e. The van der Waals surface area contributed by atoms with Crippen LogP contribution in [-0.2, 0) is 24.4 Å². The molecule has 1 aromatic carbocycles. The van der Waals surface area contributed by atoms with Crippen molar-refractivity contribution in [3.05, 3.63) is 29.8 Å². The van der Waals surface area contributed by atoms with Crippen molar-refractivity contribution < 1.29 is 26.4 Å². The second-order valence-electron chi connectivity index (χ2n) is 5.35. The largest absolute Gasteiger partial charge is 0.383 e. The highest BCUT2D eigenvalue weighted by Crippen LogP contribution is 2.25. The molecule has 0 spiro atoms. The fourth-order valence-electron chi connectivity index (χ4n) is 2.38. The zero-order valence-electron chi connectivity index (χ0n) is 12.7. The number of carbonyl (C=O) groups is 1. The van der Waals surface area contributed by atoms with Crippen LogP contribution in [0.4, 0.5) is 0 Å². The molecule has 23 heavy (non-hydrogen) atoms. The van der Waals surface area contributed by atoms with Crippen LogP contribution in [0.3, 0.4) is 0 Å². The van der Waals surface area contributed by atoms with Gasteiger partial charge in [-0.1, -0.05) is 6.07 Å². The van der Waals surface area contributed by atoms with Gasteiger partial charge in [-0.3, -0.25) is 4.79 Å². The van der Waals surface area contributed by atoms with E-state index in [4.69, 9.17) is 4.74 Å². The first kappa shape index (κ1) is 17.9. The minimum Gasteiger partial charge on any atom is -0.383 e. The van der Waals surface area contributed by atoms with Crippen LogP contribution in [0.2, 0.25) is 0 Å². The number of sulfone groups is 2. The highest BCUT2D eigenvalue weighted by molar-refractivity contribution is 7.96. The number of nitrogens with one attached hydrogen (secondary N) is 1. The summed E-state index contributed by atoms with van der Waals surface area (Å²) in [5.74, 6) is -0.883. The van der Waals surface area contributed by atoms with Gasteiger partial charge < -0.3 is 10.1 Å². The van der Waals surface area contributed by atoms with E-state index in [0.717, 1.165) is 0 Å². The van der Waals surface area contributed by atoms with E-state index in [2.05, 4.69) is 5.32 Å². The quantitative estimate of drug-likeness (QED) is 0.716. The van der Waals surface area contributed by atoms with Crippen molar-refractivity contribution in [3.8, 4) is 0 Å². The number of ether oxygens (including phenoxy) is 1. The van der Waals surface area contributed by atoms with E-state index in [0.29, 0.717) is 13.2 Å². The molecule has 0 radical (unpaired) electrons. The predicted molar refractivity (Wildman–Crippen MR) is 84.9 cm³/mol. The standard InChI is InChI=1S/C14H19NO6S2/c1-21-7-6-15-14(16)11-3-2-4-12(9-11)23(19,20)13-5-8-22(17,18)10-13/h2-4,9,13H,5-8,10H2,1H3,(H,15,16)/t13-/m1/s1. The Labute approximate surface area is 135 Å². The molecule has 1 aliphatic rings. The summed E-state index contributed by atoms with van der Waals surface area (Å²) in [4.78, 5) is 11.9. The highest BCUT2D eigenvalue weighted by Gasteiger charge is 2.38. The molecular weight excluding hydrogens is 342 g/mol. The Balaban J connectivity index is 2.20. The van der Waals surface area contributed by atoms with E-state index >= 15 is 0 Å². The first-order chi connectivity index (χ1) is 10.8. The molecule has 0 saturated carbocycles. The molecular formula is C14H19NO6S2. The molecule has 9 heteroatoms. The summed E-state index contributed by atoms with van der Waals surface area (Å²) in [7, 11) is -5.57. The molecule has 0 unspecified atom stereocenters. The SMILES string of the molecule is COCCNC(=O)c1cccc(S(=O)(=O)[C@@H]2CCS(=O)(=O)C2)c1. The number of hydrogen-bond donors (Lipinski definition) is 1. The van der Waals surface area contributed by atoms with Crippen LogP contribution in [0, 0.1) is 0 Å². The molecule has 1 saturated heterocycles. The van der Waals surface area contributed by atoms with Crippen LogP contribution in [0.5, 0.6) is 0 Å². The number of benzene rings is 1. The van der Waals surface area contributed by atoms with Gasteiger partial charge in [0.25, 0.3) is 5.91 Å². The van der Waals surface area contributed by atoms with Crippen molar-refractivity contribution in [2.24, 2.45) is 0 Å². The summed E-state index contributed by atoms with van der Waals surface area (Å²) < 4.78 is 52.9. The van der Waals surface area contributed by atoms with E-state index < -0.39 is 30.8 Å². The van der Waals surface area contributed by atoms with Gasteiger partial charge in [-0.25, -0.2) is 16.8 Å². The van der Waals surface area contributed by atoms with Gasteiger partial charge in [0, 0.05) is 19.2 Å². The molecule has 0 aromatic heterocycles. The van der Waals surface area contributed by atoms with E-state index in [1.807, 2.05) is 0 Å². The number of rotatable bonds is 6. The lowest BCUT2D eigenvalue weighted by Crippen LogP contribution is -2.27. The van der Waals surface area contributed by atoms with Gasteiger partial charge in [0.15, 0.2) is 19.7 Å². The van der Waals surface area contributed by atoms with E-state index in [9.17, 15) is 21.6 Å². The maximum atomic E-state index is 12.5. The van der Waals surface area contributed by atoms with Crippen molar-refractivity contribution in [1.82, 2.24) is 5.32 Å². The van der Waals surface area contributed by atoms with Crippen LogP contribution in [-0.4, -0.2) is 59.8 Å². The van der Waals surface area contributed by atoms with Gasteiger partial charge >= 0.3 is 0 Å². The lowest BCUT2D eigenvalue weighted by Gasteiger charge is -2.11. The average molecular weight is 361 g/mol. The van der Waals surface area contributed by atoms with Crippen LogP contribution >= 0.6 is 0 Å². The summed E-state index contributed by atoms with van der Waals surface area (Å²) in [6.07, 6.45) is 0.0922. The molecule has 1 fully saturated rings. The number of amides is 1. The Morgan fingerprint density at radius 2 is 2.13 bits per heavy atom. The van der Waals surface area contributed by atoms with Gasteiger partial charge in [0.2, 0.25) is 0 Å². The van der Waals surface area contributed by atoms with Crippen molar-refractivity contribution in [1.29, 1.82) is 0 Å². The Hall–Kier alpha value is -1.45. The molecule has 2 rings (SSSR count). The molecule has 7 nitrogen and oxygen atoms in total. The summed E-state index contributed by atoms with van der Waals surface area (Å²) >= 11 is 0. The number of hydrogen-bond acceptors (Lipinski definition) is 6. The number of carbonyl (C=O) groups excluding carboxylic acids is 1. The lowest BCUT2D eigenvalue weighted by atomic mass is 10.2. The van der Waals surface area contributed by atoms with Crippen molar-refractivity contribution in [3.63, 3.8) is 0 Å². The maximum absolute atomic E-state index is 12.5. The van der Waals surface area contributed by atoms with Gasteiger partial charge in [-0.15, -0.1) is 0 Å². The van der Waals surface area contributed by atoms with E-state index in [-0.39, 0.29) is 28.4 Å². The predicted octanol–water partition coefficient (Wildman–Crippen LogP) is 0.0236. The van der Waals surface area contributed by atoms with Crippen LogP contribution in [0.15, 0.2) is 29.2 Å². The monoisotopic (exact) mass is 361 g/mol. The molecule has 1 atom stereocenters. The topological polar surface area (TPSA) is 107 Å². The fourth-order valence-corrected chi connectivity index (χ4v) is 6.78. The molecule has 0 aliphatic carbocycles. The Morgan fingerprint density at radius 1 is 1.39 bits per heavy atom. The summed E-state index contributed by atoms with van der Waals surface area (Å²) in [5.41, 5.74) is 0.211. The minimum atomic E-state index is -3.77. The maximum Gasteiger partial charge on any atom is 0.251 e. The third kappa shape index (κ3) is 4.30. The Morgan fingerprint density at radius 3 is 2.74 bits per heavy atom. The van der Waals surface area contributed by atoms with Crippen molar-refractivity contribution >= 4 is 25.6 Å². The third-order valence-corrected chi connectivity index (χ3v) is 7.82. The van der Waals surface area contributed by atoms with Crippen LogP contribution in [0.25, 0.3) is 0 Å². The van der Waals surface area contributed by atoms with E-state index in [1.54, 1.807) is 0 Å². The summed E-state index contributed by atoms with van der Waals surface area (Å²) in [6.45, 7) is 0.664. The molecule has 128 valence electrons. The molecule has 1 N–H and O–H groups in total. The molecule has 1 aromatic rings. The second-order valence-corrected chi connectivity index (χ2v) is 9.80. The molecule has 1 amide bonds. The third-order valence-electron chi connectivity index (χ3n) is 3.65. The summed E-state index contributed by atoms with van der Waals surface area (Å²) in [6, 6.07) is 5.64. The first-order valence-electron chi connectivity index (χ1n) is 7.08. The fraction of sp³-hybridized carbons (Fsp3) is 0.500. The Bertz CT molecular complexity index is 785. The zero-order chi connectivity index (χ0) is 17.1. The van der Waals surface area contributed by atoms with Crippen LogP contribution < -0.4 is 5.32 Å². The first-order valence-corrected chi connectivity index (χ1v) is 10.4. The number of methoxy groups -OCH3 is 1. The molecule has 1 heterocycles. The van der Waals surface area contributed by atoms with Crippen molar-refractivity contribution in [2.45, 2.75) is 16.6 Å². The minimum absolute atomic E-state index is 0.0287. The van der Waals surface area contributed by atoms with Gasteiger partial charge in [-0.2, -0.15) is 0 Å². The van der Waals surface area contributed by atoms with E-state index in [1.165, 1.54) is 31.4 Å². The van der Waals surface area contributed by atoms with Crippen LogP contribution in [0.1, 0.15) is 16.8 Å². The molecule has 1 aliphatic heterocycles. The Kier molecular flexibility index (Phi) is 5.43. The highest BCUT2D eigenvalue weighted by atomic mass is 32.2. The van der Waals surface area contributed by atoms with Gasteiger partial charge in [0.05, 0.1) is 28.3 Å².